The first-order valence-electron chi connectivity index (χ1n) is 5.67. The number of aliphatic hydroxyl groups excluding tert-OH is 1. The zero-order chi connectivity index (χ0) is 11.5. The Morgan fingerprint density at radius 2 is 1.87 bits per heavy atom. The van der Waals surface area contributed by atoms with Crippen LogP contribution >= 0.6 is 11.8 Å². The van der Waals surface area contributed by atoms with Crippen LogP contribution in [-0.4, -0.2) is 33.8 Å². The summed E-state index contributed by atoms with van der Waals surface area (Å²) in [5.41, 5.74) is 0. The number of carboxylic acid groups (broad SMARTS) is 1. The Bertz CT molecular complexity index is 162. The van der Waals surface area contributed by atoms with Gasteiger partial charge in [0.05, 0.1) is 0 Å². The van der Waals surface area contributed by atoms with E-state index in [2.05, 4.69) is 6.92 Å². The van der Waals surface area contributed by atoms with E-state index >= 15 is 0 Å². The number of hydrogen-bond acceptors (Lipinski definition) is 3. The maximum Gasteiger partial charge on any atom is 0.332 e. The van der Waals surface area contributed by atoms with Crippen molar-refractivity contribution in [2.45, 2.75) is 51.6 Å². The van der Waals surface area contributed by atoms with Crippen molar-refractivity contribution >= 4 is 17.7 Å². The van der Waals surface area contributed by atoms with Gasteiger partial charge in [-0.25, -0.2) is 4.79 Å². The maximum atomic E-state index is 10.3. The molecule has 15 heavy (non-hydrogen) atoms. The van der Waals surface area contributed by atoms with E-state index in [0.29, 0.717) is 6.42 Å². The molecule has 0 heterocycles. The first-order chi connectivity index (χ1) is 7.18. The van der Waals surface area contributed by atoms with Gasteiger partial charge in [-0.3, -0.25) is 0 Å². The summed E-state index contributed by atoms with van der Waals surface area (Å²) in [4.78, 5) is 10.3. The normalized spacial score (nSPS) is 12.7. The smallest absolute Gasteiger partial charge is 0.332 e. The highest BCUT2D eigenvalue weighted by Crippen LogP contribution is 2.10. The van der Waals surface area contributed by atoms with Crippen molar-refractivity contribution in [3.8, 4) is 0 Å². The lowest BCUT2D eigenvalue weighted by molar-refractivity contribution is -0.146. The third-order valence-corrected chi connectivity index (χ3v) is 3.31. The summed E-state index contributed by atoms with van der Waals surface area (Å²) < 4.78 is 0. The quantitative estimate of drug-likeness (QED) is 0.570. The minimum absolute atomic E-state index is 0.356. The Morgan fingerprint density at radius 3 is 2.47 bits per heavy atom. The van der Waals surface area contributed by atoms with Gasteiger partial charge in [0.1, 0.15) is 0 Å². The third-order valence-electron chi connectivity index (χ3n) is 2.21. The van der Waals surface area contributed by atoms with Crippen LogP contribution in [0.1, 0.15) is 45.4 Å². The second-order valence-electron chi connectivity index (χ2n) is 3.67. The molecule has 0 aromatic carbocycles. The minimum atomic E-state index is -1.18. The average molecular weight is 234 g/mol. The van der Waals surface area contributed by atoms with Gasteiger partial charge in [0.25, 0.3) is 0 Å². The molecular formula is C11H22O3S. The van der Waals surface area contributed by atoms with Gasteiger partial charge in [-0.1, -0.05) is 32.6 Å². The molecule has 1 unspecified atom stereocenters. The van der Waals surface area contributed by atoms with Crippen molar-refractivity contribution in [1.82, 2.24) is 0 Å². The number of hydrogen-bond donors (Lipinski definition) is 2. The van der Waals surface area contributed by atoms with Crippen LogP contribution in [-0.2, 0) is 4.79 Å². The van der Waals surface area contributed by atoms with Crippen LogP contribution in [0.25, 0.3) is 0 Å². The number of carboxylic acids is 1. The van der Waals surface area contributed by atoms with E-state index in [1.54, 1.807) is 11.8 Å². The van der Waals surface area contributed by atoms with E-state index in [1.807, 2.05) is 0 Å². The van der Waals surface area contributed by atoms with Gasteiger partial charge in [0, 0.05) is 0 Å². The molecule has 0 saturated heterocycles. The fourth-order valence-corrected chi connectivity index (χ4v) is 2.23. The zero-order valence-electron chi connectivity index (χ0n) is 9.45. The minimum Gasteiger partial charge on any atom is -0.479 e. The Hall–Kier alpha value is -0.220. The number of carbonyl (C=O) groups is 1. The molecule has 0 rings (SSSR count). The molecule has 1 atom stereocenters. The second kappa shape index (κ2) is 10.3. The SMILES string of the molecule is CCCCCCCSCCC(O)C(=O)O. The van der Waals surface area contributed by atoms with Crippen molar-refractivity contribution in [3.05, 3.63) is 0 Å². The second-order valence-corrected chi connectivity index (χ2v) is 4.89. The molecular weight excluding hydrogens is 212 g/mol. The summed E-state index contributed by atoms with van der Waals surface area (Å²) in [6.07, 6.45) is 5.51. The number of thioether (sulfide) groups is 1. The standard InChI is InChI=1S/C11H22O3S/c1-2-3-4-5-6-8-15-9-7-10(12)11(13)14/h10,12H,2-9H2,1H3,(H,13,14). The molecule has 4 heteroatoms. The molecule has 0 aliphatic heterocycles. The lowest BCUT2D eigenvalue weighted by Crippen LogP contribution is -2.19. The monoisotopic (exact) mass is 234 g/mol. The molecule has 90 valence electrons. The Kier molecular flexibility index (Phi) is 10.2. The van der Waals surface area contributed by atoms with Gasteiger partial charge in [-0.15, -0.1) is 0 Å². The molecule has 3 nitrogen and oxygen atoms in total. The van der Waals surface area contributed by atoms with Crippen molar-refractivity contribution in [2.75, 3.05) is 11.5 Å². The van der Waals surface area contributed by atoms with Crippen LogP contribution in [0.5, 0.6) is 0 Å². The van der Waals surface area contributed by atoms with Crippen molar-refractivity contribution in [1.29, 1.82) is 0 Å². The predicted molar refractivity (Wildman–Crippen MR) is 64.3 cm³/mol. The third kappa shape index (κ3) is 10.1. The number of aliphatic hydroxyl groups is 1. The molecule has 0 bridgehead atoms. The first-order valence-corrected chi connectivity index (χ1v) is 6.82. The van der Waals surface area contributed by atoms with Gasteiger partial charge >= 0.3 is 5.97 Å². The van der Waals surface area contributed by atoms with Gasteiger partial charge in [-0.2, -0.15) is 11.8 Å². The van der Waals surface area contributed by atoms with Crippen LogP contribution in [0.2, 0.25) is 0 Å². The topological polar surface area (TPSA) is 57.5 Å². The summed E-state index contributed by atoms with van der Waals surface area (Å²) in [6, 6.07) is 0. The first kappa shape index (κ1) is 14.8. The Morgan fingerprint density at radius 1 is 1.20 bits per heavy atom. The highest BCUT2D eigenvalue weighted by atomic mass is 32.2. The van der Waals surface area contributed by atoms with E-state index in [9.17, 15) is 4.79 Å². The van der Waals surface area contributed by atoms with Crippen LogP contribution in [0.3, 0.4) is 0 Å². The summed E-state index contributed by atoms with van der Waals surface area (Å²) in [6.45, 7) is 2.20. The highest BCUT2D eigenvalue weighted by Gasteiger charge is 2.11. The molecule has 0 aliphatic rings. The average Bonchev–Trinajstić information content (AvgIpc) is 2.21. The molecule has 0 amide bonds. The number of rotatable bonds is 10. The zero-order valence-corrected chi connectivity index (χ0v) is 10.3. The van der Waals surface area contributed by atoms with Crippen molar-refractivity contribution in [3.63, 3.8) is 0 Å². The Labute approximate surface area is 96.3 Å². The molecule has 0 saturated carbocycles. The molecule has 0 spiro atoms. The summed E-state index contributed by atoms with van der Waals surface area (Å²) in [5, 5.41) is 17.4. The summed E-state index contributed by atoms with van der Waals surface area (Å²) >= 11 is 1.73. The lowest BCUT2D eigenvalue weighted by Gasteiger charge is -2.04. The van der Waals surface area contributed by atoms with E-state index in [0.717, 1.165) is 11.5 Å². The molecule has 0 radical (unpaired) electrons. The Balaban J connectivity index is 3.08. The lowest BCUT2D eigenvalue weighted by atomic mass is 10.2. The largest absolute Gasteiger partial charge is 0.479 e. The van der Waals surface area contributed by atoms with E-state index in [4.69, 9.17) is 10.2 Å². The molecule has 0 aromatic rings. The van der Waals surface area contributed by atoms with Crippen molar-refractivity contribution < 1.29 is 15.0 Å². The molecule has 2 N–H and O–H groups in total. The van der Waals surface area contributed by atoms with Gasteiger partial charge in [0.2, 0.25) is 0 Å². The van der Waals surface area contributed by atoms with Gasteiger partial charge in [-0.05, 0) is 24.3 Å². The van der Waals surface area contributed by atoms with E-state index in [1.165, 1.54) is 32.1 Å². The molecule has 0 aliphatic carbocycles. The maximum absolute atomic E-state index is 10.3. The van der Waals surface area contributed by atoms with Crippen LogP contribution in [0, 0.1) is 0 Å². The fourth-order valence-electron chi connectivity index (χ4n) is 1.23. The molecule has 0 aromatic heterocycles. The number of unbranched alkanes of at least 4 members (excludes halogenated alkanes) is 4. The van der Waals surface area contributed by atoms with Crippen LogP contribution in [0.4, 0.5) is 0 Å². The van der Waals surface area contributed by atoms with Crippen molar-refractivity contribution in [2.24, 2.45) is 0 Å². The van der Waals surface area contributed by atoms with Crippen LogP contribution in [0.15, 0.2) is 0 Å². The van der Waals surface area contributed by atoms with Crippen LogP contribution < -0.4 is 0 Å². The predicted octanol–water partition coefficient (Wildman–Crippen LogP) is 2.53. The van der Waals surface area contributed by atoms with Gasteiger partial charge in [0.15, 0.2) is 6.10 Å². The van der Waals surface area contributed by atoms with E-state index < -0.39 is 12.1 Å². The number of aliphatic carboxylic acids is 1. The summed E-state index contributed by atoms with van der Waals surface area (Å²) in [5.74, 6) is 0.704. The van der Waals surface area contributed by atoms with E-state index in [-0.39, 0.29) is 0 Å². The highest BCUT2D eigenvalue weighted by molar-refractivity contribution is 7.99. The summed E-state index contributed by atoms with van der Waals surface area (Å²) in [7, 11) is 0. The fraction of sp³-hybridized carbons (Fsp3) is 0.909. The van der Waals surface area contributed by atoms with Gasteiger partial charge < -0.3 is 10.2 Å². The molecule has 0 fully saturated rings.